The molecule has 2 aliphatic heterocycles. The van der Waals surface area contributed by atoms with Gasteiger partial charge < -0.3 is 37.6 Å². The number of aromatic nitrogens is 2. The van der Waals surface area contributed by atoms with E-state index in [0.29, 0.717) is 52.7 Å². The Morgan fingerprint density at radius 1 is 0.522 bits per heavy atom. The van der Waals surface area contributed by atoms with Crippen LogP contribution in [0.3, 0.4) is 0 Å². The zero-order chi connectivity index (χ0) is 30.7. The van der Waals surface area contributed by atoms with Gasteiger partial charge in [0, 0.05) is 43.6 Å². The van der Waals surface area contributed by atoms with Crippen LogP contribution in [0.15, 0.2) is 97.1 Å². The largest absolute Gasteiger partial charge is 0.376 e. The Morgan fingerprint density at radius 3 is 1.43 bits per heavy atom. The molecule has 8 heteroatoms. The lowest BCUT2D eigenvalue weighted by atomic mass is 10.2. The molecule has 6 aromatic rings. The standard InChI is InChI=1S/C38H40N2O6/c1-5-13-35-31(9-1)32-10-2-6-14-36(32)39(35)19-27(20-40-37-15-7-3-11-33(37)34-12-4-8-16-38(34)40)43-23-28(45-25-30-26-46-30)21-41-17-18-42-22-29-24-44-29/h1-16,27-30H,17-26H2. The molecular weight excluding hydrogens is 580 g/mol. The fourth-order valence-corrected chi connectivity index (χ4v) is 6.48. The van der Waals surface area contributed by atoms with E-state index in [1.54, 1.807) is 0 Å². The van der Waals surface area contributed by atoms with E-state index >= 15 is 0 Å². The molecule has 0 saturated carbocycles. The minimum atomic E-state index is -0.227. The summed E-state index contributed by atoms with van der Waals surface area (Å²) >= 11 is 0. The summed E-state index contributed by atoms with van der Waals surface area (Å²) in [5.74, 6) is 0. The van der Waals surface area contributed by atoms with Crippen molar-refractivity contribution in [3.8, 4) is 0 Å². The maximum Gasteiger partial charge on any atom is 0.104 e. The van der Waals surface area contributed by atoms with Gasteiger partial charge in [0.2, 0.25) is 0 Å². The summed E-state index contributed by atoms with van der Waals surface area (Å²) in [6, 6.07) is 34.6. The van der Waals surface area contributed by atoms with Gasteiger partial charge in [0.1, 0.15) is 18.3 Å². The van der Waals surface area contributed by atoms with Crippen LogP contribution in [0.25, 0.3) is 43.6 Å². The minimum absolute atomic E-state index is 0.149. The van der Waals surface area contributed by atoms with Crippen molar-refractivity contribution in [1.82, 2.24) is 9.13 Å². The lowest BCUT2D eigenvalue weighted by molar-refractivity contribution is -0.0888. The van der Waals surface area contributed by atoms with Crippen LogP contribution >= 0.6 is 0 Å². The molecule has 3 atom stereocenters. The van der Waals surface area contributed by atoms with Crippen LogP contribution in [-0.4, -0.2) is 86.4 Å². The molecule has 0 bridgehead atoms. The summed E-state index contributed by atoms with van der Waals surface area (Å²) in [6.07, 6.45) is 0.0396. The number of benzene rings is 4. The molecule has 2 aromatic heterocycles. The molecule has 0 aliphatic carbocycles. The van der Waals surface area contributed by atoms with Crippen molar-refractivity contribution >= 4 is 43.6 Å². The third-order valence-electron chi connectivity index (χ3n) is 8.95. The van der Waals surface area contributed by atoms with Gasteiger partial charge in [0.15, 0.2) is 0 Å². The first-order valence-corrected chi connectivity index (χ1v) is 16.4. The van der Waals surface area contributed by atoms with Gasteiger partial charge in [-0.25, -0.2) is 0 Å². The fraction of sp³-hybridized carbons (Fsp3) is 0.368. The fourth-order valence-electron chi connectivity index (χ4n) is 6.48. The minimum Gasteiger partial charge on any atom is -0.376 e. The predicted molar refractivity (Wildman–Crippen MR) is 179 cm³/mol. The van der Waals surface area contributed by atoms with Crippen molar-refractivity contribution in [3.63, 3.8) is 0 Å². The van der Waals surface area contributed by atoms with E-state index in [0.717, 1.165) is 13.2 Å². The van der Waals surface area contributed by atoms with E-state index < -0.39 is 0 Å². The second kappa shape index (κ2) is 13.5. The molecule has 0 amide bonds. The quantitative estimate of drug-likeness (QED) is 0.0893. The van der Waals surface area contributed by atoms with Crippen LogP contribution in [0.1, 0.15) is 0 Å². The predicted octanol–water partition coefficient (Wildman–Crippen LogP) is 6.20. The van der Waals surface area contributed by atoms with E-state index in [1.165, 1.54) is 43.6 Å². The highest BCUT2D eigenvalue weighted by Crippen LogP contribution is 2.32. The molecule has 4 aromatic carbocycles. The summed E-state index contributed by atoms with van der Waals surface area (Å²) < 4.78 is 40.3. The summed E-state index contributed by atoms with van der Waals surface area (Å²) in [5.41, 5.74) is 4.83. The first-order chi connectivity index (χ1) is 22.8. The monoisotopic (exact) mass is 620 g/mol. The molecule has 0 spiro atoms. The molecule has 3 unspecified atom stereocenters. The van der Waals surface area contributed by atoms with Crippen LogP contribution in [0.4, 0.5) is 0 Å². The maximum atomic E-state index is 6.88. The lowest BCUT2D eigenvalue weighted by Crippen LogP contribution is -2.33. The van der Waals surface area contributed by atoms with Crippen molar-refractivity contribution in [1.29, 1.82) is 0 Å². The molecule has 238 valence electrons. The van der Waals surface area contributed by atoms with Crippen LogP contribution in [0, 0.1) is 0 Å². The Kier molecular flexibility index (Phi) is 8.72. The lowest BCUT2D eigenvalue weighted by Gasteiger charge is -2.25. The van der Waals surface area contributed by atoms with Crippen molar-refractivity contribution < 1.29 is 28.4 Å². The van der Waals surface area contributed by atoms with E-state index in [9.17, 15) is 0 Å². The second-order valence-corrected chi connectivity index (χ2v) is 12.3. The Labute approximate surface area is 268 Å². The molecule has 2 fully saturated rings. The van der Waals surface area contributed by atoms with Crippen LogP contribution < -0.4 is 0 Å². The highest BCUT2D eigenvalue weighted by molar-refractivity contribution is 6.08. The molecule has 4 heterocycles. The zero-order valence-corrected chi connectivity index (χ0v) is 26.0. The van der Waals surface area contributed by atoms with Crippen molar-refractivity contribution in [2.75, 3.05) is 52.9 Å². The maximum absolute atomic E-state index is 6.88. The summed E-state index contributed by atoms with van der Waals surface area (Å²) in [6.45, 7) is 5.93. The molecule has 2 aliphatic rings. The van der Waals surface area contributed by atoms with Gasteiger partial charge in [0.25, 0.3) is 0 Å². The summed E-state index contributed by atoms with van der Waals surface area (Å²) in [7, 11) is 0. The average molecular weight is 621 g/mol. The van der Waals surface area contributed by atoms with Crippen molar-refractivity contribution in [3.05, 3.63) is 97.1 Å². The Morgan fingerprint density at radius 2 is 0.957 bits per heavy atom. The summed E-state index contributed by atoms with van der Waals surface area (Å²) in [4.78, 5) is 0. The highest BCUT2D eigenvalue weighted by atomic mass is 16.6. The second-order valence-electron chi connectivity index (χ2n) is 12.3. The van der Waals surface area contributed by atoms with Gasteiger partial charge in [-0.15, -0.1) is 0 Å². The third-order valence-corrected chi connectivity index (χ3v) is 8.95. The number of hydrogen-bond donors (Lipinski definition) is 0. The molecule has 8 nitrogen and oxygen atoms in total. The van der Waals surface area contributed by atoms with Gasteiger partial charge in [-0.1, -0.05) is 72.8 Å². The highest BCUT2D eigenvalue weighted by Gasteiger charge is 2.26. The van der Waals surface area contributed by atoms with Gasteiger partial charge in [-0.05, 0) is 24.3 Å². The number of epoxide rings is 2. The Balaban J connectivity index is 1.07. The average Bonchev–Trinajstić information content (AvgIpc) is 4.05. The molecule has 0 radical (unpaired) electrons. The van der Waals surface area contributed by atoms with Gasteiger partial charge in [-0.3, -0.25) is 0 Å². The SMILES string of the molecule is c1ccc2c(c1)c1ccccc1n2CC(Cn1c2ccccc2c2ccccc21)OCC(COCCOCC1CO1)OCC1CO1. The first-order valence-electron chi connectivity index (χ1n) is 16.4. The summed E-state index contributed by atoms with van der Waals surface area (Å²) in [5, 5.41) is 5.01. The van der Waals surface area contributed by atoms with Gasteiger partial charge >= 0.3 is 0 Å². The van der Waals surface area contributed by atoms with E-state index in [4.69, 9.17) is 28.4 Å². The molecule has 2 saturated heterocycles. The topological polar surface area (TPSA) is 71.8 Å². The van der Waals surface area contributed by atoms with Gasteiger partial charge in [-0.2, -0.15) is 0 Å². The number of para-hydroxylation sites is 4. The number of rotatable bonds is 17. The molecule has 46 heavy (non-hydrogen) atoms. The van der Waals surface area contributed by atoms with Crippen molar-refractivity contribution in [2.24, 2.45) is 0 Å². The Hall–Kier alpha value is -3.76. The normalized spacial score (nSPS) is 18.4. The van der Waals surface area contributed by atoms with Crippen molar-refractivity contribution in [2.45, 2.75) is 37.5 Å². The molecule has 0 N–H and O–H groups in total. The van der Waals surface area contributed by atoms with E-state index in [-0.39, 0.29) is 24.4 Å². The Bertz CT molecular complexity index is 1700. The number of hydrogen-bond acceptors (Lipinski definition) is 6. The number of fused-ring (bicyclic) bond motifs is 6. The van der Waals surface area contributed by atoms with Crippen LogP contribution in [0.5, 0.6) is 0 Å². The smallest absolute Gasteiger partial charge is 0.104 e. The molecular formula is C38H40N2O6. The molecule has 8 rings (SSSR count). The van der Waals surface area contributed by atoms with Crippen LogP contribution in [-0.2, 0) is 41.5 Å². The van der Waals surface area contributed by atoms with E-state index in [2.05, 4.69) is 106 Å². The third kappa shape index (κ3) is 6.55. The van der Waals surface area contributed by atoms with E-state index in [1.807, 2.05) is 0 Å². The van der Waals surface area contributed by atoms with Crippen LogP contribution in [0.2, 0.25) is 0 Å². The zero-order valence-electron chi connectivity index (χ0n) is 26.0. The first kappa shape index (κ1) is 29.6. The number of nitrogens with zero attached hydrogens (tertiary/aromatic N) is 2. The number of ether oxygens (including phenoxy) is 6. The van der Waals surface area contributed by atoms with Gasteiger partial charge in [0.05, 0.1) is 72.0 Å².